The minimum absolute atomic E-state index is 0.0749. The molecule has 1 aliphatic rings. The number of carbonyl (C=O) groups is 1. The topological polar surface area (TPSA) is 107 Å². The Morgan fingerprint density at radius 1 is 1.22 bits per heavy atom. The van der Waals surface area contributed by atoms with E-state index in [4.69, 9.17) is 14.2 Å². The molecule has 11 heteroatoms. The summed E-state index contributed by atoms with van der Waals surface area (Å²) in [5.41, 5.74) is 1.15. The van der Waals surface area contributed by atoms with Crippen LogP contribution in [-0.4, -0.2) is 63.6 Å². The molecule has 0 unspecified atom stereocenters. The lowest BCUT2D eigenvalue weighted by Crippen LogP contribution is -2.40. The Labute approximate surface area is 190 Å². The van der Waals surface area contributed by atoms with Gasteiger partial charge in [0.15, 0.2) is 0 Å². The molecule has 1 aromatic heterocycles. The van der Waals surface area contributed by atoms with Gasteiger partial charge in [0, 0.05) is 13.1 Å². The van der Waals surface area contributed by atoms with Gasteiger partial charge in [0.05, 0.1) is 47.7 Å². The molecule has 1 saturated heterocycles. The van der Waals surface area contributed by atoms with Crippen LogP contribution >= 0.6 is 11.3 Å². The number of methoxy groups -OCH3 is 1. The first-order chi connectivity index (χ1) is 15.5. The minimum atomic E-state index is -3.70. The van der Waals surface area contributed by atoms with Gasteiger partial charge in [-0.1, -0.05) is 12.1 Å². The lowest BCUT2D eigenvalue weighted by molar-refractivity contribution is -0.121. The van der Waals surface area contributed by atoms with Crippen molar-refractivity contribution in [1.29, 1.82) is 0 Å². The molecule has 1 fully saturated rings. The third kappa shape index (κ3) is 5.08. The molecule has 1 aliphatic heterocycles. The number of rotatable bonds is 8. The minimum Gasteiger partial charge on any atom is -0.495 e. The highest BCUT2D eigenvalue weighted by Crippen LogP contribution is 2.29. The maximum absolute atomic E-state index is 12.9. The van der Waals surface area contributed by atoms with Crippen LogP contribution in [0.4, 0.5) is 5.69 Å². The average Bonchev–Trinajstić information content (AvgIpc) is 3.22. The fourth-order valence-electron chi connectivity index (χ4n) is 3.28. The first kappa shape index (κ1) is 22.6. The van der Waals surface area contributed by atoms with Crippen LogP contribution in [0.1, 0.15) is 5.01 Å². The van der Waals surface area contributed by atoms with Crippen molar-refractivity contribution in [3.63, 3.8) is 0 Å². The number of para-hydroxylation sites is 1. The van der Waals surface area contributed by atoms with Gasteiger partial charge in [-0.25, -0.2) is 13.4 Å². The number of ether oxygens (including phenoxy) is 3. The number of nitrogens with one attached hydrogen (secondary N) is 1. The van der Waals surface area contributed by atoms with E-state index < -0.39 is 15.9 Å². The van der Waals surface area contributed by atoms with Crippen LogP contribution in [0, 0.1) is 0 Å². The second-order valence-corrected chi connectivity index (χ2v) is 10.0. The molecule has 1 amide bonds. The highest BCUT2D eigenvalue weighted by molar-refractivity contribution is 7.89. The van der Waals surface area contributed by atoms with E-state index >= 15 is 0 Å². The number of thiazole rings is 1. The standard InChI is InChI=1S/C21H23N3O6S2/c1-28-18-7-6-15(32(26,27)24-8-10-29-11-9-24)12-17(18)22-20(25)13-30-14-21-23-16-4-2-3-5-19(16)31-21/h2-7,12H,8-11,13-14H2,1H3,(H,22,25). The number of amides is 1. The van der Waals surface area contributed by atoms with Gasteiger partial charge in [0.1, 0.15) is 17.4 Å². The van der Waals surface area contributed by atoms with Gasteiger partial charge < -0.3 is 19.5 Å². The number of aromatic nitrogens is 1. The van der Waals surface area contributed by atoms with Gasteiger partial charge in [-0.2, -0.15) is 4.31 Å². The van der Waals surface area contributed by atoms with Crippen LogP contribution in [0.5, 0.6) is 5.75 Å². The van der Waals surface area contributed by atoms with E-state index in [1.807, 2.05) is 24.3 Å². The molecule has 3 aromatic rings. The number of morpholine rings is 1. The molecule has 32 heavy (non-hydrogen) atoms. The van der Waals surface area contributed by atoms with Gasteiger partial charge in [0.2, 0.25) is 15.9 Å². The Hall–Kier alpha value is -2.57. The predicted molar refractivity (Wildman–Crippen MR) is 120 cm³/mol. The number of nitrogens with zero attached hydrogens (tertiary/aromatic N) is 2. The number of fused-ring (bicyclic) bond motifs is 1. The van der Waals surface area contributed by atoms with Gasteiger partial charge in [-0.3, -0.25) is 4.79 Å². The number of sulfonamides is 1. The summed E-state index contributed by atoms with van der Waals surface area (Å²) < 4.78 is 44.3. The van der Waals surface area contributed by atoms with E-state index in [0.717, 1.165) is 15.2 Å². The Bertz CT molecular complexity index is 1170. The number of benzene rings is 2. The van der Waals surface area contributed by atoms with Crippen molar-refractivity contribution >= 4 is 43.2 Å². The molecule has 9 nitrogen and oxygen atoms in total. The normalized spacial score (nSPS) is 15.0. The van der Waals surface area contributed by atoms with Crippen LogP contribution in [0.3, 0.4) is 0 Å². The van der Waals surface area contributed by atoms with Crippen LogP contribution in [0.25, 0.3) is 10.2 Å². The van der Waals surface area contributed by atoms with Gasteiger partial charge in [-0.05, 0) is 30.3 Å². The maximum Gasteiger partial charge on any atom is 0.250 e. The summed E-state index contributed by atoms with van der Waals surface area (Å²) >= 11 is 1.51. The number of anilines is 1. The van der Waals surface area contributed by atoms with Crippen LogP contribution in [-0.2, 0) is 30.9 Å². The summed E-state index contributed by atoms with van der Waals surface area (Å²) in [6, 6.07) is 12.1. The van der Waals surface area contributed by atoms with E-state index in [1.165, 1.54) is 41.0 Å². The molecule has 0 spiro atoms. The third-order valence-corrected chi connectivity index (χ3v) is 7.75. The molecule has 0 aliphatic carbocycles. The molecule has 0 saturated carbocycles. The second-order valence-electron chi connectivity index (χ2n) is 6.99. The summed E-state index contributed by atoms with van der Waals surface area (Å²) in [6.45, 7) is 1.27. The molecular weight excluding hydrogens is 454 g/mol. The van der Waals surface area contributed by atoms with Gasteiger partial charge in [-0.15, -0.1) is 11.3 Å². The van der Waals surface area contributed by atoms with Crippen LogP contribution in [0.2, 0.25) is 0 Å². The van der Waals surface area contributed by atoms with Crippen molar-refractivity contribution in [3.8, 4) is 5.75 Å². The third-order valence-electron chi connectivity index (χ3n) is 4.85. The molecule has 4 rings (SSSR count). The fraction of sp³-hybridized carbons (Fsp3) is 0.333. The Morgan fingerprint density at radius 3 is 2.75 bits per heavy atom. The van der Waals surface area contributed by atoms with E-state index in [-0.39, 0.29) is 36.9 Å². The van der Waals surface area contributed by atoms with Crippen molar-refractivity contribution in [2.75, 3.05) is 45.3 Å². The van der Waals surface area contributed by atoms with Gasteiger partial charge >= 0.3 is 0 Å². The molecule has 0 radical (unpaired) electrons. The maximum atomic E-state index is 12.9. The molecule has 170 valence electrons. The highest BCUT2D eigenvalue weighted by Gasteiger charge is 2.27. The smallest absolute Gasteiger partial charge is 0.250 e. The molecule has 1 N–H and O–H groups in total. The van der Waals surface area contributed by atoms with Crippen LogP contribution in [0.15, 0.2) is 47.4 Å². The average molecular weight is 478 g/mol. The monoisotopic (exact) mass is 477 g/mol. The quantitative estimate of drug-likeness (QED) is 0.531. The summed E-state index contributed by atoms with van der Waals surface area (Å²) in [6.07, 6.45) is 0. The van der Waals surface area contributed by atoms with Crippen molar-refractivity contribution in [1.82, 2.24) is 9.29 Å². The molecule has 2 heterocycles. The lowest BCUT2D eigenvalue weighted by Gasteiger charge is -2.26. The van der Waals surface area contributed by atoms with E-state index in [9.17, 15) is 13.2 Å². The Morgan fingerprint density at radius 2 is 2.00 bits per heavy atom. The van der Waals surface area contributed by atoms with Gasteiger partial charge in [0.25, 0.3) is 0 Å². The van der Waals surface area contributed by atoms with E-state index in [1.54, 1.807) is 0 Å². The fourth-order valence-corrected chi connectivity index (χ4v) is 5.62. The SMILES string of the molecule is COc1ccc(S(=O)(=O)N2CCOCC2)cc1NC(=O)COCc1nc2ccccc2s1. The summed E-state index contributed by atoms with van der Waals surface area (Å²) in [7, 11) is -2.25. The zero-order valence-corrected chi connectivity index (χ0v) is 19.1. The van der Waals surface area contributed by atoms with Crippen molar-refractivity contribution in [2.24, 2.45) is 0 Å². The van der Waals surface area contributed by atoms with Crippen molar-refractivity contribution in [2.45, 2.75) is 11.5 Å². The zero-order valence-electron chi connectivity index (χ0n) is 17.4. The molecular formula is C21H23N3O6S2. The zero-order chi connectivity index (χ0) is 22.6. The van der Waals surface area contributed by atoms with Crippen molar-refractivity contribution in [3.05, 3.63) is 47.5 Å². The molecule has 0 atom stereocenters. The number of hydrogen-bond acceptors (Lipinski definition) is 8. The first-order valence-electron chi connectivity index (χ1n) is 9.95. The predicted octanol–water partition coefficient (Wildman–Crippen LogP) is 2.48. The van der Waals surface area contributed by atoms with E-state index in [2.05, 4.69) is 10.3 Å². The first-order valence-corrected chi connectivity index (χ1v) is 12.2. The van der Waals surface area contributed by atoms with E-state index in [0.29, 0.717) is 19.0 Å². The Kier molecular flexibility index (Phi) is 7.01. The summed E-state index contributed by atoms with van der Waals surface area (Å²) in [5.74, 6) is -0.0733. The molecule has 0 bridgehead atoms. The molecule has 2 aromatic carbocycles. The summed E-state index contributed by atoms with van der Waals surface area (Å²) in [5, 5.41) is 3.45. The number of hydrogen-bond donors (Lipinski definition) is 1. The summed E-state index contributed by atoms with van der Waals surface area (Å²) in [4.78, 5) is 17.0. The van der Waals surface area contributed by atoms with Crippen molar-refractivity contribution < 1.29 is 27.4 Å². The highest BCUT2D eigenvalue weighted by atomic mass is 32.2. The lowest BCUT2D eigenvalue weighted by atomic mass is 10.3. The Balaban J connectivity index is 1.40. The second kappa shape index (κ2) is 9.92. The van der Waals surface area contributed by atoms with Crippen LogP contribution < -0.4 is 10.1 Å². The number of carbonyl (C=O) groups excluding carboxylic acids is 1. The largest absolute Gasteiger partial charge is 0.495 e.